The van der Waals surface area contributed by atoms with Crippen LogP contribution in [0.2, 0.25) is 0 Å². The number of carbonyl (C=O) groups is 2. The summed E-state index contributed by atoms with van der Waals surface area (Å²) in [5.74, 6) is 0.0142. The zero-order valence-electron chi connectivity index (χ0n) is 16.5. The van der Waals surface area contributed by atoms with Crippen LogP contribution in [0.4, 0.5) is 11.4 Å². The van der Waals surface area contributed by atoms with Gasteiger partial charge in [0.2, 0.25) is 11.8 Å². The largest absolute Gasteiger partial charge is 0.311 e. The second-order valence-corrected chi connectivity index (χ2v) is 8.51. The quantitative estimate of drug-likeness (QED) is 0.794. The van der Waals surface area contributed by atoms with E-state index in [0.717, 1.165) is 30.8 Å². The third-order valence-corrected chi connectivity index (χ3v) is 6.62. The standard InChI is InChI=1S/C22H23N5O2S/c28-19(26-12-6-8-15-7-4-5-11-18(15)26)14-30-22-24-20-17(13-23-25-20)21(29)27(22)16-9-2-1-3-10-16/h1-5,7,9-11,17,20,23,25H,6,8,12-14H2. The zero-order chi connectivity index (χ0) is 20.5. The van der Waals surface area contributed by atoms with Crippen LogP contribution in [0, 0.1) is 5.92 Å². The molecule has 2 N–H and O–H groups in total. The molecule has 7 nitrogen and oxygen atoms in total. The van der Waals surface area contributed by atoms with Crippen molar-refractivity contribution in [3.05, 3.63) is 60.2 Å². The van der Waals surface area contributed by atoms with Crippen molar-refractivity contribution < 1.29 is 9.59 Å². The Morgan fingerprint density at radius 3 is 2.80 bits per heavy atom. The smallest absolute Gasteiger partial charge is 0.241 e. The summed E-state index contributed by atoms with van der Waals surface area (Å²) >= 11 is 1.33. The van der Waals surface area contributed by atoms with E-state index in [4.69, 9.17) is 4.99 Å². The van der Waals surface area contributed by atoms with Gasteiger partial charge >= 0.3 is 0 Å². The summed E-state index contributed by atoms with van der Waals surface area (Å²) < 4.78 is 0. The fourth-order valence-corrected chi connectivity index (χ4v) is 5.10. The first-order chi connectivity index (χ1) is 14.7. The summed E-state index contributed by atoms with van der Waals surface area (Å²) in [5, 5.41) is 0.558. The number of carbonyl (C=O) groups excluding carboxylic acids is 2. The number of benzene rings is 2. The zero-order valence-corrected chi connectivity index (χ0v) is 17.3. The van der Waals surface area contributed by atoms with Crippen LogP contribution in [-0.4, -0.2) is 42.0 Å². The summed E-state index contributed by atoms with van der Waals surface area (Å²) in [4.78, 5) is 34.5. The molecule has 2 unspecified atom stereocenters. The van der Waals surface area contributed by atoms with Gasteiger partial charge in [-0.3, -0.25) is 19.9 Å². The number of amidine groups is 1. The number of aryl methyl sites for hydroxylation is 1. The number of amides is 2. The van der Waals surface area contributed by atoms with Gasteiger partial charge in [0.05, 0.1) is 17.4 Å². The van der Waals surface area contributed by atoms with Crippen molar-refractivity contribution in [2.75, 3.05) is 28.6 Å². The van der Waals surface area contributed by atoms with Crippen molar-refractivity contribution in [3.63, 3.8) is 0 Å². The minimum absolute atomic E-state index is 0.00281. The highest BCUT2D eigenvalue weighted by Gasteiger charge is 2.42. The van der Waals surface area contributed by atoms with Gasteiger partial charge in [0, 0.05) is 18.8 Å². The number of para-hydroxylation sites is 2. The number of fused-ring (bicyclic) bond motifs is 2. The van der Waals surface area contributed by atoms with Gasteiger partial charge < -0.3 is 4.90 Å². The second kappa shape index (κ2) is 8.22. The summed E-state index contributed by atoms with van der Waals surface area (Å²) in [6, 6.07) is 17.6. The Morgan fingerprint density at radius 1 is 1.13 bits per heavy atom. The van der Waals surface area contributed by atoms with Crippen molar-refractivity contribution >= 4 is 40.1 Å². The minimum atomic E-state index is -0.300. The summed E-state index contributed by atoms with van der Waals surface area (Å²) in [7, 11) is 0. The average molecular weight is 422 g/mol. The van der Waals surface area contributed by atoms with Gasteiger partial charge in [-0.2, -0.15) is 0 Å². The van der Waals surface area contributed by atoms with Crippen LogP contribution in [0.1, 0.15) is 12.0 Å². The van der Waals surface area contributed by atoms with Crippen molar-refractivity contribution in [3.8, 4) is 0 Å². The molecule has 8 heteroatoms. The maximum absolute atomic E-state index is 13.2. The highest BCUT2D eigenvalue weighted by molar-refractivity contribution is 8.14. The van der Waals surface area contributed by atoms with Crippen LogP contribution in [0.5, 0.6) is 0 Å². The normalized spacial score (nSPS) is 23.1. The molecule has 2 atom stereocenters. The maximum Gasteiger partial charge on any atom is 0.241 e. The molecular formula is C22H23N5O2S. The number of nitrogens with one attached hydrogen (secondary N) is 2. The third kappa shape index (κ3) is 3.51. The van der Waals surface area contributed by atoms with E-state index in [9.17, 15) is 9.59 Å². The Hall–Kier alpha value is -2.68. The molecule has 2 aromatic rings. The van der Waals surface area contributed by atoms with E-state index in [2.05, 4.69) is 16.9 Å². The molecule has 1 saturated heterocycles. The molecule has 2 amide bonds. The van der Waals surface area contributed by atoms with Crippen LogP contribution in [0.15, 0.2) is 59.6 Å². The fourth-order valence-electron chi connectivity index (χ4n) is 4.18. The van der Waals surface area contributed by atoms with Crippen molar-refractivity contribution in [2.24, 2.45) is 10.9 Å². The van der Waals surface area contributed by atoms with Gasteiger partial charge in [-0.15, -0.1) is 0 Å². The Bertz CT molecular complexity index is 996. The van der Waals surface area contributed by atoms with E-state index < -0.39 is 0 Å². The van der Waals surface area contributed by atoms with Crippen molar-refractivity contribution in [2.45, 2.75) is 19.0 Å². The van der Waals surface area contributed by atoms with Gasteiger partial charge in [0.25, 0.3) is 0 Å². The van der Waals surface area contributed by atoms with Crippen molar-refractivity contribution in [1.29, 1.82) is 0 Å². The van der Waals surface area contributed by atoms with Gasteiger partial charge in [-0.1, -0.05) is 48.2 Å². The number of hydrazine groups is 1. The summed E-state index contributed by atoms with van der Waals surface area (Å²) in [6.45, 7) is 1.26. The highest BCUT2D eigenvalue weighted by Crippen LogP contribution is 2.31. The Kier molecular flexibility index (Phi) is 5.28. The maximum atomic E-state index is 13.2. The molecule has 30 heavy (non-hydrogen) atoms. The number of anilines is 2. The predicted octanol–water partition coefficient (Wildman–Crippen LogP) is 2.15. The molecule has 3 heterocycles. The molecule has 3 aliphatic heterocycles. The SMILES string of the molecule is O=C(CSC1=NC2NNCC2C(=O)N1c1ccccc1)N1CCCc2ccccc21. The molecule has 0 aromatic heterocycles. The molecular weight excluding hydrogens is 398 g/mol. The van der Waals surface area contributed by atoms with E-state index in [1.165, 1.54) is 17.3 Å². The average Bonchev–Trinajstić information content (AvgIpc) is 3.27. The Balaban J connectivity index is 1.37. The molecule has 0 aliphatic carbocycles. The molecule has 3 aliphatic rings. The van der Waals surface area contributed by atoms with Crippen LogP contribution >= 0.6 is 11.8 Å². The van der Waals surface area contributed by atoms with Crippen LogP contribution in [0.3, 0.4) is 0 Å². The van der Waals surface area contributed by atoms with E-state index in [1.807, 2.05) is 53.4 Å². The van der Waals surface area contributed by atoms with Gasteiger partial charge in [0.15, 0.2) is 5.17 Å². The number of hydrogen-bond acceptors (Lipinski definition) is 6. The van der Waals surface area contributed by atoms with E-state index in [1.54, 1.807) is 4.90 Å². The number of rotatable bonds is 3. The predicted molar refractivity (Wildman–Crippen MR) is 119 cm³/mol. The second-order valence-electron chi connectivity index (χ2n) is 7.56. The first-order valence-electron chi connectivity index (χ1n) is 10.2. The Morgan fingerprint density at radius 2 is 1.93 bits per heavy atom. The molecule has 0 spiro atoms. The lowest BCUT2D eigenvalue weighted by atomic mass is 10.0. The molecule has 1 fully saturated rings. The molecule has 0 bridgehead atoms. The first-order valence-corrected chi connectivity index (χ1v) is 11.2. The lowest BCUT2D eigenvalue weighted by Crippen LogP contribution is -2.49. The molecule has 5 rings (SSSR count). The highest BCUT2D eigenvalue weighted by atomic mass is 32.2. The van der Waals surface area contributed by atoms with Gasteiger partial charge in [-0.05, 0) is 36.6 Å². The van der Waals surface area contributed by atoms with Gasteiger partial charge in [0.1, 0.15) is 6.17 Å². The molecule has 154 valence electrons. The van der Waals surface area contributed by atoms with E-state index in [0.29, 0.717) is 11.7 Å². The van der Waals surface area contributed by atoms with E-state index >= 15 is 0 Å². The number of hydrogen-bond donors (Lipinski definition) is 2. The molecule has 0 saturated carbocycles. The lowest BCUT2D eigenvalue weighted by molar-refractivity contribution is -0.121. The number of aliphatic imine (C=N–C) groups is 1. The monoisotopic (exact) mass is 421 g/mol. The number of thioether (sulfide) groups is 1. The van der Waals surface area contributed by atoms with Crippen LogP contribution in [0.25, 0.3) is 0 Å². The van der Waals surface area contributed by atoms with E-state index in [-0.39, 0.29) is 29.7 Å². The lowest BCUT2D eigenvalue weighted by Gasteiger charge is -2.33. The Labute approximate surface area is 179 Å². The van der Waals surface area contributed by atoms with Crippen LogP contribution in [-0.2, 0) is 16.0 Å². The fraction of sp³-hybridized carbons (Fsp3) is 0.318. The van der Waals surface area contributed by atoms with Gasteiger partial charge in [-0.25, -0.2) is 10.4 Å². The minimum Gasteiger partial charge on any atom is -0.311 e. The first kappa shape index (κ1) is 19.3. The summed E-state index contributed by atoms with van der Waals surface area (Å²) in [5.41, 5.74) is 9.07. The topological polar surface area (TPSA) is 77.0 Å². The third-order valence-electron chi connectivity index (χ3n) is 5.68. The molecule has 2 aromatic carbocycles. The van der Waals surface area contributed by atoms with Crippen molar-refractivity contribution in [1.82, 2.24) is 10.9 Å². The summed E-state index contributed by atoms with van der Waals surface area (Å²) in [6.07, 6.45) is 1.66. The number of nitrogens with zero attached hydrogens (tertiary/aromatic N) is 3. The molecule has 0 radical (unpaired) electrons. The van der Waals surface area contributed by atoms with Crippen LogP contribution < -0.4 is 20.7 Å².